The molecule has 0 bridgehead atoms. The van der Waals surface area contributed by atoms with Gasteiger partial charge in [0, 0.05) is 28.6 Å². The van der Waals surface area contributed by atoms with E-state index in [2.05, 4.69) is 0 Å². The fourth-order valence-electron chi connectivity index (χ4n) is 3.41. The number of non-ortho nitro benzene ring substituents is 1. The Morgan fingerprint density at radius 2 is 1.76 bits per heavy atom. The molecule has 0 saturated heterocycles. The van der Waals surface area contributed by atoms with Gasteiger partial charge in [-0.15, -0.1) is 11.3 Å². The summed E-state index contributed by atoms with van der Waals surface area (Å²) in [6.07, 6.45) is 0.0403. The van der Waals surface area contributed by atoms with Gasteiger partial charge in [0.25, 0.3) is 11.6 Å². The smallest absolute Gasteiger partial charge is 0.269 e. The highest BCUT2D eigenvalue weighted by atomic mass is 32.1. The number of anilines is 2. The van der Waals surface area contributed by atoms with Gasteiger partial charge in [-0.2, -0.15) is 0 Å². The molecule has 0 spiro atoms. The van der Waals surface area contributed by atoms with Crippen LogP contribution >= 0.6 is 11.3 Å². The van der Waals surface area contributed by atoms with Gasteiger partial charge in [-0.05, 0) is 74.9 Å². The number of nitro groups is 1. The van der Waals surface area contributed by atoms with E-state index in [1.54, 1.807) is 41.3 Å². The van der Waals surface area contributed by atoms with Crippen LogP contribution in [0.4, 0.5) is 16.5 Å². The first-order valence-electron chi connectivity index (χ1n) is 10.7. The number of thiazole rings is 1. The number of carbonyl (C=O) groups excluding carboxylic acids is 1. The van der Waals surface area contributed by atoms with Crippen molar-refractivity contribution in [3.05, 3.63) is 99.4 Å². The van der Waals surface area contributed by atoms with E-state index >= 15 is 0 Å². The van der Waals surface area contributed by atoms with Gasteiger partial charge in [-0.3, -0.25) is 19.8 Å². The molecule has 0 aliphatic carbocycles. The lowest BCUT2D eigenvalue weighted by atomic mass is 10.1. The molecule has 0 atom stereocenters. The molecule has 1 aromatic heterocycles. The summed E-state index contributed by atoms with van der Waals surface area (Å²) in [7, 11) is 0. The monoisotopic (exact) mass is 473 g/mol. The molecule has 0 fully saturated rings. The number of nitro benzene ring substituents is 1. The number of carbonyl (C=O) groups is 1. The Morgan fingerprint density at radius 1 is 1.06 bits per heavy atom. The predicted octanol–water partition coefficient (Wildman–Crippen LogP) is 6.79. The van der Waals surface area contributed by atoms with E-state index in [-0.39, 0.29) is 17.7 Å². The molecule has 1 heterocycles. The maximum absolute atomic E-state index is 13.6. The van der Waals surface area contributed by atoms with Crippen molar-refractivity contribution in [3.8, 4) is 17.0 Å². The number of amides is 1. The molecule has 1 amide bonds. The third-order valence-corrected chi connectivity index (χ3v) is 5.82. The van der Waals surface area contributed by atoms with Gasteiger partial charge in [0.2, 0.25) is 0 Å². The quantitative estimate of drug-likeness (QED) is 0.218. The fourth-order valence-corrected chi connectivity index (χ4v) is 4.26. The maximum atomic E-state index is 13.6. The Hall–Kier alpha value is -4.04. The summed E-state index contributed by atoms with van der Waals surface area (Å²) in [6.45, 7) is 5.86. The van der Waals surface area contributed by atoms with Crippen LogP contribution < -0.4 is 9.64 Å². The first-order chi connectivity index (χ1) is 16.3. The van der Waals surface area contributed by atoms with Crippen molar-refractivity contribution in [1.82, 2.24) is 4.98 Å². The van der Waals surface area contributed by atoms with E-state index in [1.165, 1.54) is 23.5 Å². The molecule has 172 valence electrons. The molecule has 0 saturated carbocycles. The molecule has 0 unspecified atom stereocenters. The topological polar surface area (TPSA) is 85.6 Å². The average Bonchev–Trinajstić information content (AvgIpc) is 3.29. The second kappa shape index (κ2) is 9.84. The summed E-state index contributed by atoms with van der Waals surface area (Å²) >= 11 is 1.33. The number of aromatic nitrogens is 1. The van der Waals surface area contributed by atoms with Crippen molar-refractivity contribution < 1.29 is 14.5 Å². The molecule has 0 aliphatic heterocycles. The van der Waals surface area contributed by atoms with Gasteiger partial charge in [-0.25, -0.2) is 4.98 Å². The molecule has 4 aromatic rings. The van der Waals surface area contributed by atoms with Crippen LogP contribution in [0.1, 0.15) is 29.8 Å². The summed E-state index contributed by atoms with van der Waals surface area (Å²) in [6, 6.07) is 20.9. The van der Waals surface area contributed by atoms with E-state index in [0.29, 0.717) is 27.8 Å². The number of rotatable bonds is 7. The maximum Gasteiger partial charge on any atom is 0.269 e. The molecule has 0 aliphatic rings. The van der Waals surface area contributed by atoms with Gasteiger partial charge in [0.15, 0.2) is 5.13 Å². The highest BCUT2D eigenvalue weighted by Crippen LogP contribution is 2.34. The SMILES string of the molecule is Cc1cccc(N(C(=O)c2ccc(OC(C)C)cc2)c2nc(-c3ccc([N+](=O)[O-])cc3)cs2)c1. The van der Waals surface area contributed by atoms with Crippen LogP contribution in [-0.4, -0.2) is 21.9 Å². The van der Waals surface area contributed by atoms with Crippen LogP contribution in [0, 0.1) is 17.0 Å². The van der Waals surface area contributed by atoms with E-state index < -0.39 is 4.92 Å². The van der Waals surface area contributed by atoms with Gasteiger partial charge in [-0.1, -0.05) is 12.1 Å². The van der Waals surface area contributed by atoms with Crippen molar-refractivity contribution in [3.63, 3.8) is 0 Å². The first kappa shape index (κ1) is 23.1. The van der Waals surface area contributed by atoms with Crippen LogP contribution in [0.2, 0.25) is 0 Å². The molecule has 4 rings (SSSR count). The van der Waals surface area contributed by atoms with Crippen LogP contribution in [-0.2, 0) is 0 Å². The molecule has 3 aromatic carbocycles. The Balaban J connectivity index is 1.70. The summed E-state index contributed by atoms with van der Waals surface area (Å²) in [5, 5.41) is 13.3. The lowest BCUT2D eigenvalue weighted by molar-refractivity contribution is -0.384. The van der Waals surface area contributed by atoms with Crippen LogP contribution in [0.15, 0.2) is 78.2 Å². The first-order valence-corrected chi connectivity index (χ1v) is 11.6. The minimum Gasteiger partial charge on any atom is -0.491 e. The minimum absolute atomic E-state index is 0.0145. The van der Waals surface area contributed by atoms with Crippen molar-refractivity contribution in [1.29, 1.82) is 0 Å². The van der Waals surface area contributed by atoms with E-state index in [1.807, 2.05) is 50.4 Å². The molecular weight excluding hydrogens is 450 g/mol. The molecule has 0 radical (unpaired) electrons. The van der Waals surface area contributed by atoms with Gasteiger partial charge in [0.05, 0.1) is 22.4 Å². The minimum atomic E-state index is -0.439. The predicted molar refractivity (Wildman–Crippen MR) is 134 cm³/mol. The van der Waals surface area contributed by atoms with Crippen LogP contribution in [0.5, 0.6) is 5.75 Å². The average molecular weight is 474 g/mol. The summed E-state index contributed by atoms with van der Waals surface area (Å²) in [5.41, 5.74) is 3.62. The molecular formula is C26H23N3O4S. The second-order valence-corrected chi connectivity index (χ2v) is 8.83. The van der Waals surface area contributed by atoms with E-state index in [9.17, 15) is 14.9 Å². The Labute approximate surface area is 201 Å². The number of benzene rings is 3. The number of ether oxygens (including phenoxy) is 1. The Morgan fingerprint density at radius 3 is 2.38 bits per heavy atom. The standard InChI is InChI=1S/C26H23N3O4S/c1-17(2)33-23-13-9-20(10-14-23)25(30)28(22-6-4-5-18(3)15-22)26-27-24(16-34-26)19-7-11-21(12-8-19)29(31)32/h4-17H,1-3H3. The van der Waals surface area contributed by atoms with Crippen molar-refractivity contribution in [2.75, 3.05) is 4.90 Å². The molecule has 7 nitrogen and oxygen atoms in total. The van der Waals surface area contributed by atoms with Gasteiger partial charge >= 0.3 is 0 Å². The van der Waals surface area contributed by atoms with E-state index in [0.717, 1.165) is 11.1 Å². The van der Waals surface area contributed by atoms with Crippen molar-refractivity contribution in [2.45, 2.75) is 26.9 Å². The lowest BCUT2D eigenvalue weighted by Gasteiger charge is -2.21. The second-order valence-electron chi connectivity index (χ2n) is 7.99. The van der Waals surface area contributed by atoms with E-state index in [4.69, 9.17) is 9.72 Å². The van der Waals surface area contributed by atoms with Crippen molar-refractivity contribution >= 4 is 33.8 Å². The molecule has 0 N–H and O–H groups in total. The normalized spacial score (nSPS) is 10.8. The number of nitrogens with zero attached hydrogens (tertiary/aromatic N) is 3. The molecule has 8 heteroatoms. The summed E-state index contributed by atoms with van der Waals surface area (Å²) < 4.78 is 5.69. The third-order valence-electron chi connectivity index (χ3n) is 4.99. The Kier molecular flexibility index (Phi) is 6.70. The highest BCUT2D eigenvalue weighted by molar-refractivity contribution is 7.14. The third kappa shape index (κ3) is 5.13. The highest BCUT2D eigenvalue weighted by Gasteiger charge is 2.23. The Bertz CT molecular complexity index is 1310. The zero-order chi connectivity index (χ0) is 24.2. The molecule has 34 heavy (non-hydrogen) atoms. The van der Waals surface area contributed by atoms with Crippen molar-refractivity contribution in [2.24, 2.45) is 0 Å². The van der Waals surface area contributed by atoms with Gasteiger partial charge in [0.1, 0.15) is 5.75 Å². The lowest BCUT2D eigenvalue weighted by Crippen LogP contribution is -2.26. The largest absolute Gasteiger partial charge is 0.491 e. The number of hydrogen-bond donors (Lipinski definition) is 0. The van der Waals surface area contributed by atoms with Crippen LogP contribution in [0.3, 0.4) is 0 Å². The van der Waals surface area contributed by atoms with Crippen LogP contribution in [0.25, 0.3) is 11.3 Å². The number of aryl methyl sites for hydroxylation is 1. The summed E-state index contributed by atoms with van der Waals surface area (Å²) in [5.74, 6) is 0.481. The number of hydrogen-bond acceptors (Lipinski definition) is 6. The fraction of sp³-hybridized carbons (Fsp3) is 0.154. The summed E-state index contributed by atoms with van der Waals surface area (Å²) in [4.78, 5) is 30.4. The zero-order valence-corrected chi connectivity index (χ0v) is 19.8. The zero-order valence-electron chi connectivity index (χ0n) is 19.0. The van der Waals surface area contributed by atoms with Gasteiger partial charge < -0.3 is 4.74 Å².